The minimum Gasteiger partial charge on any atom is -0.497 e. The highest BCUT2D eigenvalue weighted by molar-refractivity contribution is 9.10. The second kappa shape index (κ2) is 12.2. The number of hydrogen-bond donors (Lipinski definition) is 0. The van der Waals surface area contributed by atoms with E-state index >= 15 is 0 Å². The van der Waals surface area contributed by atoms with Gasteiger partial charge in [0.1, 0.15) is 17.6 Å². The van der Waals surface area contributed by atoms with Crippen molar-refractivity contribution in [3.8, 4) is 5.75 Å². The number of amidine groups is 1. The topological polar surface area (TPSA) is 48.4 Å². The summed E-state index contributed by atoms with van der Waals surface area (Å²) in [5.74, 6) is 1.49. The third-order valence-corrected chi connectivity index (χ3v) is 8.61. The maximum Gasteiger partial charge on any atom is 0.326 e. The molecule has 0 spiro atoms. The van der Waals surface area contributed by atoms with Gasteiger partial charge in [0.25, 0.3) is 0 Å². The number of hydrogen-bond acceptors (Lipinski definition) is 4. The Morgan fingerprint density at radius 2 is 1.54 bits per heavy atom. The molecule has 5 rings (SSSR count). The minimum atomic E-state index is -0.281. The second-order valence-electron chi connectivity index (χ2n) is 10.1. The van der Waals surface area contributed by atoms with Gasteiger partial charge in [-0.2, -0.15) is 0 Å². The van der Waals surface area contributed by atoms with E-state index in [1.165, 1.54) is 0 Å². The van der Waals surface area contributed by atoms with E-state index in [4.69, 9.17) is 9.73 Å². The Bertz CT molecular complexity index is 1340. The van der Waals surface area contributed by atoms with Gasteiger partial charge in [0.2, 0.25) is 0 Å². The second-order valence-corrected chi connectivity index (χ2v) is 11.9. The van der Waals surface area contributed by atoms with Crippen LogP contribution in [0.25, 0.3) is 0 Å². The first-order valence-electron chi connectivity index (χ1n) is 13.4. The van der Waals surface area contributed by atoms with Gasteiger partial charge in [-0.25, -0.2) is 4.79 Å². The monoisotopic (exact) mass is 652 g/mol. The lowest BCUT2D eigenvalue weighted by molar-refractivity contribution is 0.119. The van der Waals surface area contributed by atoms with Gasteiger partial charge < -0.3 is 9.64 Å². The smallest absolute Gasteiger partial charge is 0.326 e. The molecule has 204 valence electrons. The summed E-state index contributed by atoms with van der Waals surface area (Å²) in [6, 6.07) is 22.0. The molecule has 3 aromatic rings. The Kier molecular flexibility index (Phi) is 8.74. The van der Waals surface area contributed by atoms with Crippen molar-refractivity contribution in [1.29, 1.82) is 0 Å². The van der Waals surface area contributed by atoms with Crippen LogP contribution in [0.4, 0.5) is 4.79 Å². The van der Waals surface area contributed by atoms with Gasteiger partial charge in [-0.05, 0) is 79.0 Å². The molecule has 6 nitrogen and oxygen atoms in total. The summed E-state index contributed by atoms with van der Waals surface area (Å²) in [7, 11) is 1.67. The van der Waals surface area contributed by atoms with Crippen LogP contribution >= 0.6 is 31.9 Å². The minimum absolute atomic E-state index is 0.00708. The number of piperazine rings is 1. The zero-order valence-electron chi connectivity index (χ0n) is 22.6. The van der Waals surface area contributed by atoms with Crippen LogP contribution in [0.5, 0.6) is 5.75 Å². The van der Waals surface area contributed by atoms with E-state index in [0.717, 1.165) is 63.0 Å². The standard InChI is InChI=1S/C31H34Br2N4O2/c1-4-15-35-16-18-36(19-17-35)31(38)37-29(23-7-11-25(33)12-8-23)28(22-5-9-24(32)10-6-22)34-30(37)27-14-13-26(39-3)20-21(27)2/h5-14,20,28-29H,4,15-19H2,1-3H3/t28-,29+/m0/s1. The Morgan fingerprint density at radius 1 is 0.923 bits per heavy atom. The van der Waals surface area contributed by atoms with E-state index in [0.29, 0.717) is 18.9 Å². The van der Waals surface area contributed by atoms with Crippen LogP contribution in [0.2, 0.25) is 0 Å². The number of amides is 2. The number of benzene rings is 3. The van der Waals surface area contributed by atoms with E-state index in [9.17, 15) is 4.79 Å². The largest absolute Gasteiger partial charge is 0.497 e. The fraction of sp³-hybridized carbons (Fsp3) is 0.355. The molecule has 2 aliphatic rings. The highest BCUT2D eigenvalue weighted by atomic mass is 79.9. The van der Waals surface area contributed by atoms with Gasteiger partial charge in [-0.1, -0.05) is 63.0 Å². The number of methoxy groups -OCH3 is 1. The number of carbonyl (C=O) groups excluding carboxylic acids is 1. The van der Waals surface area contributed by atoms with E-state index in [-0.39, 0.29) is 18.1 Å². The maximum atomic E-state index is 14.5. The number of ether oxygens (including phenoxy) is 1. The molecule has 0 bridgehead atoms. The first-order valence-corrected chi connectivity index (χ1v) is 15.0. The first-order chi connectivity index (χ1) is 18.9. The fourth-order valence-electron chi connectivity index (χ4n) is 5.50. The quantitative estimate of drug-likeness (QED) is 0.282. The van der Waals surface area contributed by atoms with Crippen molar-refractivity contribution in [2.24, 2.45) is 4.99 Å². The molecule has 3 aromatic carbocycles. The summed E-state index contributed by atoms with van der Waals surface area (Å²) in [6.07, 6.45) is 1.12. The van der Waals surface area contributed by atoms with Crippen LogP contribution in [0.3, 0.4) is 0 Å². The van der Waals surface area contributed by atoms with Crippen LogP contribution in [-0.4, -0.2) is 66.4 Å². The number of aryl methyl sites for hydroxylation is 1. The number of halogens is 2. The van der Waals surface area contributed by atoms with E-state index in [1.807, 2.05) is 59.2 Å². The molecule has 39 heavy (non-hydrogen) atoms. The van der Waals surface area contributed by atoms with Gasteiger partial charge in [-0.3, -0.25) is 14.8 Å². The maximum absolute atomic E-state index is 14.5. The molecule has 0 radical (unpaired) electrons. The van der Waals surface area contributed by atoms with Gasteiger partial charge in [0, 0.05) is 40.7 Å². The Hall–Kier alpha value is -2.68. The van der Waals surface area contributed by atoms with Crippen LogP contribution in [-0.2, 0) is 0 Å². The SMILES string of the molecule is CCCN1CCN(C(=O)N2C(c3ccc(OC)cc3C)=N[C@@H](c3ccc(Br)cc3)[C@H]2c2ccc(Br)cc2)CC1. The molecule has 2 atom stereocenters. The average Bonchev–Trinajstić information content (AvgIpc) is 3.34. The molecule has 2 amide bonds. The molecule has 2 aliphatic heterocycles. The van der Waals surface area contributed by atoms with Gasteiger partial charge in [0.05, 0.1) is 13.2 Å². The number of urea groups is 1. The average molecular weight is 654 g/mol. The van der Waals surface area contributed by atoms with E-state index < -0.39 is 0 Å². The van der Waals surface area contributed by atoms with E-state index in [2.05, 4.69) is 67.9 Å². The molecular formula is C31H34Br2N4O2. The first kappa shape index (κ1) is 27.9. The fourth-order valence-corrected chi connectivity index (χ4v) is 6.03. The number of rotatable bonds is 6. The highest BCUT2D eigenvalue weighted by Gasteiger charge is 2.44. The van der Waals surface area contributed by atoms with Crippen molar-refractivity contribution >= 4 is 43.7 Å². The summed E-state index contributed by atoms with van der Waals surface area (Å²) in [5, 5.41) is 0. The summed E-state index contributed by atoms with van der Waals surface area (Å²) >= 11 is 7.15. The van der Waals surface area contributed by atoms with Crippen molar-refractivity contribution in [3.05, 3.63) is 97.9 Å². The highest BCUT2D eigenvalue weighted by Crippen LogP contribution is 2.45. The molecule has 2 heterocycles. The van der Waals surface area contributed by atoms with Gasteiger partial charge >= 0.3 is 6.03 Å². The van der Waals surface area contributed by atoms with Crippen LogP contribution in [0.1, 0.15) is 47.7 Å². The van der Waals surface area contributed by atoms with Gasteiger partial charge in [-0.15, -0.1) is 0 Å². The molecule has 0 N–H and O–H groups in total. The lowest BCUT2D eigenvalue weighted by Crippen LogP contribution is -2.54. The number of nitrogens with zero attached hydrogens (tertiary/aromatic N) is 4. The van der Waals surface area contributed by atoms with Crippen LogP contribution < -0.4 is 4.74 Å². The van der Waals surface area contributed by atoms with Crippen molar-refractivity contribution in [1.82, 2.24) is 14.7 Å². The van der Waals surface area contributed by atoms with Crippen molar-refractivity contribution in [3.63, 3.8) is 0 Å². The lowest BCUT2D eigenvalue weighted by Gasteiger charge is -2.39. The summed E-state index contributed by atoms with van der Waals surface area (Å²) < 4.78 is 7.49. The van der Waals surface area contributed by atoms with Crippen molar-refractivity contribution in [2.75, 3.05) is 39.8 Å². The predicted molar refractivity (Wildman–Crippen MR) is 164 cm³/mol. The molecule has 0 unspecified atom stereocenters. The Balaban J connectivity index is 1.61. The molecule has 0 saturated carbocycles. The van der Waals surface area contributed by atoms with Gasteiger partial charge in [0.15, 0.2) is 0 Å². The third-order valence-electron chi connectivity index (χ3n) is 7.55. The predicted octanol–water partition coefficient (Wildman–Crippen LogP) is 7.22. The Labute approximate surface area is 247 Å². The molecule has 0 aliphatic carbocycles. The van der Waals surface area contributed by atoms with Crippen LogP contribution in [0, 0.1) is 6.92 Å². The number of carbonyl (C=O) groups is 1. The molecule has 8 heteroatoms. The summed E-state index contributed by atoms with van der Waals surface area (Å²) in [4.78, 5) is 26.2. The molecule has 1 saturated heterocycles. The van der Waals surface area contributed by atoms with Crippen molar-refractivity contribution < 1.29 is 9.53 Å². The zero-order chi connectivity index (χ0) is 27.5. The normalized spacial score (nSPS) is 19.8. The lowest BCUT2D eigenvalue weighted by atomic mass is 9.93. The molecule has 0 aromatic heterocycles. The third kappa shape index (κ3) is 5.93. The van der Waals surface area contributed by atoms with Crippen LogP contribution in [0.15, 0.2) is 80.7 Å². The van der Waals surface area contributed by atoms with E-state index in [1.54, 1.807) is 7.11 Å². The summed E-state index contributed by atoms with van der Waals surface area (Å²) in [5.41, 5.74) is 4.08. The molecular weight excluding hydrogens is 620 g/mol. The zero-order valence-corrected chi connectivity index (χ0v) is 25.8. The number of aliphatic imine (C=N–C) groups is 1. The Morgan fingerprint density at radius 3 is 2.10 bits per heavy atom. The summed E-state index contributed by atoms with van der Waals surface area (Å²) in [6.45, 7) is 8.51. The van der Waals surface area contributed by atoms with Crippen molar-refractivity contribution in [2.45, 2.75) is 32.4 Å². The molecule has 1 fully saturated rings.